The molecule has 0 fully saturated rings. The van der Waals surface area contributed by atoms with Crippen molar-refractivity contribution in [1.29, 1.82) is 0 Å². The Labute approximate surface area is 78.2 Å². The van der Waals surface area contributed by atoms with Crippen molar-refractivity contribution in [2.45, 2.75) is 24.2 Å². The zero-order valence-corrected chi connectivity index (χ0v) is 8.19. The average molecular weight is 180 g/mol. The van der Waals surface area contributed by atoms with Crippen LogP contribution in [-0.4, -0.2) is 6.61 Å². The van der Waals surface area contributed by atoms with Crippen LogP contribution in [0.1, 0.15) is 19.4 Å². The fourth-order valence-electron chi connectivity index (χ4n) is 1.51. The summed E-state index contributed by atoms with van der Waals surface area (Å²) in [5, 5.41) is 0. The quantitative estimate of drug-likeness (QED) is 0.604. The van der Waals surface area contributed by atoms with Gasteiger partial charge in [0.15, 0.2) is 0 Å². The molecule has 2 rings (SSSR count). The summed E-state index contributed by atoms with van der Waals surface area (Å²) >= 11 is 4.31. The van der Waals surface area contributed by atoms with Crippen LogP contribution in [0.3, 0.4) is 0 Å². The van der Waals surface area contributed by atoms with Crippen LogP contribution in [0.4, 0.5) is 0 Å². The van der Waals surface area contributed by atoms with Crippen molar-refractivity contribution in [1.82, 2.24) is 0 Å². The molecule has 1 aliphatic rings. The number of rotatable bonds is 0. The summed E-state index contributed by atoms with van der Waals surface area (Å²) in [6.07, 6.45) is 0. The summed E-state index contributed by atoms with van der Waals surface area (Å²) < 4.78 is 5.53. The molecule has 12 heavy (non-hydrogen) atoms. The van der Waals surface area contributed by atoms with Crippen LogP contribution in [0, 0.1) is 0 Å². The summed E-state index contributed by atoms with van der Waals surface area (Å²) in [4.78, 5) is 1.01. The molecule has 1 aliphatic heterocycles. The highest BCUT2D eigenvalue weighted by molar-refractivity contribution is 7.80. The van der Waals surface area contributed by atoms with Crippen LogP contribution in [-0.2, 0) is 5.41 Å². The van der Waals surface area contributed by atoms with Gasteiger partial charge >= 0.3 is 0 Å². The Bertz CT molecular complexity index is 318. The number of thiol groups is 1. The van der Waals surface area contributed by atoms with E-state index >= 15 is 0 Å². The van der Waals surface area contributed by atoms with Crippen molar-refractivity contribution in [3.63, 3.8) is 0 Å². The molecule has 1 aromatic rings. The van der Waals surface area contributed by atoms with Crippen LogP contribution in [0.2, 0.25) is 0 Å². The fourth-order valence-corrected chi connectivity index (χ4v) is 1.71. The average Bonchev–Trinajstić information content (AvgIpc) is 2.28. The third-order valence-corrected chi connectivity index (χ3v) is 2.56. The first-order valence-electron chi connectivity index (χ1n) is 4.06. The van der Waals surface area contributed by atoms with Gasteiger partial charge in [0.1, 0.15) is 5.75 Å². The van der Waals surface area contributed by atoms with Crippen molar-refractivity contribution in [2.75, 3.05) is 6.61 Å². The van der Waals surface area contributed by atoms with Crippen LogP contribution < -0.4 is 4.74 Å². The molecular formula is C10H12OS. The lowest BCUT2D eigenvalue weighted by molar-refractivity contribution is 0.291. The molecule has 64 valence electrons. The zero-order valence-electron chi connectivity index (χ0n) is 7.29. The molecule has 0 saturated heterocycles. The Hall–Kier alpha value is -0.630. The van der Waals surface area contributed by atoms with Gasteiger partial charge in [0.05, 0.1) is 6.61 Å². The maximum Gasteiger partial charge on any atom is 0.123 e. The molecule has 1 aromatic carbocycles. The molecule has 0 spiro atoms. The van der Waals surface area contributed by atoms with Gasteiger partial charge < -0.3 is 4.74 Å². The zero-order chi connectivity index (χ0) is 8.77. The van der Waals surface area contributed by atoms with Gasteiger partial charge in [-0.2, -0.15) is 0 Å². The summed E-state index contributed by atoms with van der Waals surface area (Å²) in [6.45, 7) is 5.15. The van der Waals surface area contributed by atoms with Crippen molar-refractivity contribution in [2.24, 2.45) is 0 Å². The van der Waals surface area contributed by atoms with E-state index in [2.05, 4.69) is 32.5 Å². The Kier molecular flexibility index (Phi) is 1.62. The maximum absolute atomic E-state index is 5.53. The lowest BCUT2D eigenvalue weighted by Crippen LogP contribution is -2.18. The smallest absolute Gasteiger partial charge is 0.123 e. The normalized spacial score (nSPS) is 18.6. The summed E-state index contributed by atoms with van der Waals surface area (Å²) in [5.74, 6) is 1.01. The summed E-state index contributed by atoms with van der Waals surface area (Å²) in [5.41, 5.74) is 1.42. The van der Waals surface area contributed by atoms with Crippen molar-refractivity contribution < 1.29 is 4.74 Å². The standard InChI is InChI=1S/C10H12OS/c1-10(2)6-11-9-4-3-7(12)5-8(9)10/h3-5,12H,6H2,1-2H3. The van der Waals surface area contributed by atoms with Gasteiger partial charge in [0, 0.05) is 15.9 Å². The predicted octanol–water partition coefficient (Wildman–Crippen LogP) is 2.65. The van der Waals surface area contributed by atoms with Crippen molar-refractivity contribution in [3.8, 4) is 5.75 Å². The van der Waals surface area contributed by atoms with Crippen LogP contribution in [0.25, 0.3) is 0 Å². The van der Waals surface area contributed by atoms with Gasteiger partial charge in [-0.05, 0) is 18.2 Å². The molecule has 0 N–H and O–H groups in total. The monoisotopic (exact) mass is 180 g/mol. The number of ether oxygens (including phenoxy) is 1. The molecule has 0 aromatic heterocycles. The second-order valence-corrected chi connectivity index (χ2v) is 4.37. The first-order chi connectivity index (χ1) is 5.59. The minimum atomic E-state index is 0.147. The molecule has 0 radical (unpaired) electrons. The molecule has 1 heterocycles. The maximum atomic E-state index is 5.53. The highest BCUT2D eigenvalue weighted by Crippen LogP contribution is 2.39. The van der Waals surface area contributed by atoms with Gasteiger partial charge in [-0.3, -0.25) is 0 Å². The minimum absolute atomic E-state index is 0.147. The molecule has 0 aliphatic carbocycles. The van der Waals surface area contributed by atoms with E-state index in [4.69, 9.17) is 4.74 Å². The highest BCUT2D eigenvalue weighted by atomic mass is 32.1. The lowest BCUT2D eigenvalue weighted by Gasteiger charge is -2.14. The minimum Gasteiger partial charge on any atom is -0.492 e. The molecule has 0 bridgehead atoms. The molecule has 2 heteroatoms. The second kappa shape index (κ2) is 2.43. The second-order valence-electron chi connectivity index (χ2n) is 3.85. The van der Waals surface area contributed by atoms with Gasteiger partial charge in [0.25, 0.3) is 0 Å². The Morgan fingerprint density at radius 1 is 1.42 bits per heavy atom. The van der Waals surface area contributed by atoms with Gasteiger partial charge in [-0.25, -0.2) is 0 Å². The lowest BCUT2D eigenvalue weighted by atomic mass is 9.87. The van der Waals surface area contributed by atoms with Crippen molar-refractivity contribution in [3.05, 3.63) is 23.8 Å². The fraction of sp³-hybridized carbons (Fsp3) is 0.400. The molecule has 0 amide bonds. The number of hydrogen-bond donors (Lipinski definition) is 1. The van der Waals surface area contributed by atoms with Crippen LogP contribution >= 0.6 is 12.6 Å². The SMILES string of the molecule is CC1(C)COc2ccc(S)cc21. The first kappa shape index (κ1) is 7.99. The first-order valence-corrected chi connectivity index (χ1v) is 4.51. The molecular weight excluding hydrogens is 168 g/mol. The van der Waals surface area contributed by atoms with E-state index in [9.17, 15) is 0 Å². The van der Waals surface area contributed by atoms with E-state index in [-0.39, 0.29) is 5.41 Å². The largest absolute Gasteiger partial charge is 0.492 e. The molecule has 0 unspecified atom stereocenters. The number of fused-ring (bicyclic) bond motifs is 1. The van der Waals surface area contributed by atoms with E-state index in [0.29, 0.717) is 0 Å². The summed E-state index contributed by atoms with van der Waals surface area (Å²) in [7, 11) is 0. The third kappa shape index (κ3) is 1.11. The number of hydrogen-bond acceptors (Lipinski definition) is 2. The van der Waals surface area contributed by atoms with E-state index < -0.39 is 0 Å². The summed E-state index contributed by atoms with van der Waals surface area (Å²) in [6, 6.07) is 6.04. The highest BCUT2D eigenvalue weighted by Gasteiger charge is 2.31. The van der Waals surface area contributed by atoms with Crippen LogP contribution in [0.5, 0.6) is 5.75 Å². The van der Waals surface area contributed by atoms with Crippen LogP contribution in [0.15, 0.2) is 23.1 Å². The predicted molar refractivity (Wildman–Crippen MR) is 52.2 cm³/mol. The molecule has 0 atom stereocenters. The number of benzene rings is 1. The van der Waals surface area contributed by atoms with E-state index in [1.807, 2.05) is 12.1 Å². The van der Waals surface area contributed by atoms with E-state index in [1.165, 1.54) is 5.56 Å². The van der Waals surface area contributed by atoms with Gasteiger partial charge in [-0.15, -0.1) is 12.6 Å². The third-order valence-electron chi connectivity index (χ3n) is 2.28. The van der Waals surface area contributed by atoms with Crippen molar-refractivity contribution >= 4 is 12.6 Å². The van der Waals surface area contributed by atoms with E-state index in [0.717, 1.165) is 17.3 Å². The Balaban J connectivity index is 2.57. The molecule has 1 nitrogen and oxygen atoms in total. The van der Waals surface area contributed by atoms with Gasteiger partial charge in [0.2, 0.25) is 0 Å². The topological polar surface area (TPSA) is 9.23 Å². The molecule has 0 saturated carbocycles. The van der Waals surface area contributed by atoms with E-state index in [1.54, 1.807) is 0 Å². The van der Waals surface area contributed by atoms with Gasteiger partial charge in [-0.1, -0.05) is 13.8 Å². The Morgan fingerprint density at radius 2 is 2.17 bits per heavy atom. The Morgan fingerprint density at radius 3 is 2.92 bits per heavy atom.